The second-order valence-corrected chi connectivity index (χ2v) is 4.73. The zero-order chi connectivity index (χ0) is 13.1. The lowest BCUT2D eigenvalue weighted by Gasteiger charge is -2.11. The van der Waals surface area contributed by atoms with Crippen LogP contribution in [0.5, 0.6) is 11.5 Å². The number of benzene rings is 1. The molecule has 1 aromatic heterocycles. The number of rotatable bonds is 4. The van der Waals surface area contributed by atoms with Crippen LogP contribution in [0.3, 0.4) is 0 Å². The smallest absolute Gasteiger partial charge is 0.129 e. The van der Waals surface area contributed by atoms with Crippen LogP contribution in [-0.2, 0) is 6.54 Å². The van der Waals surface area contributed by atoms with Crippen LogP contribution < -0.4 is 15.2 Å². The number of nitrogens with two attached hydrogens (primary N) is 1. The predicted octanol–water partition coefficient (Wildman–Crippen LogP) is 2.59. The highest BCUT2D eigenvalue weighted by Crippen LogP contribution is 2.37. The van der Waals surface area contributed by atoms with Crippen molar-refractivity contribution in [3.05, 3.63) is 28.8 Å². The molecule has 0 amide bonds. The maximum Gasteiger partial charge on any atom is 0.129 e. The molecule has 2 aromatic rings. The van der Waals surface area contributed by atoms with Crippen LogP contribution in [0.15, 0.2) is 17.5 Å². The summed E-state index contributed by atoms with van der Waals surface area (Å²) < 4.78 is 10.7. The number of hydrogen-bond donors (Lipinski definition) is 1. The first-order valence-electron chi connectivity index (χ1n) is 5.57. The molecular formula is C13H16N2O2S. The first kappa shape index (κ1) is 12.9. The highest BCUT2D eigenvalue weighted by Gasteiger charge is 2.13. The topological polar surface area (TPSA) is 57.4 Å². The summed E-state index contributed by atoms with van der Waals surface area (Å²) in [5.74, 6) is 1.63. The van der Waals surface area contributed by atoms with Crippen molar-refractivity contribution in [3.63, 3.8) is 0 Å². The average Bonchev–Trinajstić information content (AvgIpc) is 2.87. The van der Waals surface area contributed by atoms with Gasteiger partial charge in [-0.1, -0.05) is 0 Å². The van der Waals surface area contributed by atoms with Gasteiger partial charge in [0, 0.05) is 11.9 Å². The largest absolute Gasteiger partial charge is 0.496 e. The molecule has 0 saturated heterocycles. The van der Waals surface area contributed by atoms with Gasteiger partial charge in [-0.05, 0) is 24.6 Å². The Morgan fingerprint density at radius 2 is 1.94 bits per heavy atom. The highest BCUT2D eigenvalue weighted by molar-refractivity contribution is 7.13. The number of methoxy groups -OCH3 is 2. The molecule has 0 atom stereocenters. The van der Waals surface area contributed by atoms with Crippen molar-refractivity contribution in [2.45, 2.75) is 13.5 Å². The van der Waals surface area contributed by atoms with Gasteiger partial charge in [0.25, 0.3) is 0 Å². The Morgan fingerprint density at radius 1 is 1.22 bits per heavy atom. The van der Waals surface area contributed by atoms with E-state index in [1.807, 2.05) is 24.4 Å². The summed E-state index contributed by atoms with van der Waals surface area (Å²) >= 11 is 1.56. The van der Waals surface area contributed by atoms with Gasteiger partial charge in [-0.25, -0.2) is 4.98 Å². The Labute approximate surface area is 110 Å². The maximum absolute atomic E-state index is 5.58. The third kappa shape index (κ3) is 2.32. The van der Waals surface area contributed by atoms with Crippen LogP contribution in [0.4, 0.5) is 0 Å². The molecule has 0 saturated carbocycles. The second-order valence-electron chi connectivity index (χ2n) is 3.87. The molecule has 0 aliphatic heterocycles. The zero-order valence-corrected chi connectivity index (χ0v) is 11.5. The molecule has 18 heavy (non-hydrogen) atoms. The van der Waals surface area contributed by atoms with E-state index in [1.165, 1.54) is 0 Å². The summed E-state index contributed by atoms with van der Waals surface area (Å²) in [5.41, 5.74) is 8.44. The quantitative estimate of drug-likeness (QED) is 0.922. The third-order valence-electron chi connectivity index (χ3n) is 2.71. The number of ether oxygens (including phenoxy) is 2. The van der Waals surface area contributed by atoms with E-state index in [2.05, 4.69) is 4.98 Å². The fraction of sp³-hybridized carbons (Fsp3) is 0.308. The number of nitrogens with zero attached hydrogens (tertiary/aromatic N) is 1. The lowest BCUT2D eigenvalue weighted by molar-refractivity contribution is 0.402. The van der Waals surface area contributed by atoms with E-state index in [0.717, 1.165) is 33.3 Å². The number of hydrogen-bond acceptors (Lipinski definition) is 5. The number of aromatic nitrogens is 1. The van der Waals surface area contributed by atoms with E-state index in [0.29, 0.717) is 6.54 Å². The molecule has 2 N–H and O–H groups in total. The first-order chi connectivity index (χ1) is 8.69. The van der Waals surface area contributed by atoms with Crippen LogP contribution in [0.1, 0.15) is 11.3 Å². The van der Waals surface area contributed by atoms with E-state index in [1.54, 1.807) is 25.6 Å². The molecule has 0 bridgehead atoms. The Bertz CT molecular complexity index is 552. The van der Waals surface area contributed by atoms with Crippen molar-refractivity contribution in [2.24, 2.45) is 5.73 Å². The average molecular weight is 264 g/mol. The Balaban J connectivity index is 2.54. The third-order valence-corrected chi connectivity index (χ3v) is 3.63. The summed E-state index contributed by atoms with van der Waals surface area (Å²) in [5, 5.41) is 2.85. The molecule has 5 heteroatoms. The van der Waals surface area contributed by atoms with Gasteiger partial charge in [0.15, 0.2) is 0 Å². The molecule has 0 unspecified atom stereocenters. The molecule has 0 aliphatic carbocycles. The van der Waals surface area contributed by atoms with Gasteiger partial charge in [-0.15, -0.1) is 11.3 Å². The van der Waals surface area contributed by atoms with Gasteiger partial charge in [-0.2, -0.15) is 0 Å². The Kier molecular flexibility index (Phi) is 3.84. The Morgan fingerprint density at radius 3 is 2.50 bits per heavy atom. The second kappa shape index (κ2) is 5.37. The van der Waals surface area contributed by atoms with E-state index in [4.69, 9.17) is 15.2 Å². The minimum atomic E-state index is 0.446. The number of aryl methyl sites for hydroxylation is 1. The van der Waals surface area contributed by atoms with Crippen molar-refractivity contribution >= 4 is 11.3 Å². The van der Waals surface area contributed by atoms with Crippen molar-refractivity contribution in [2.75, 3.05) is 14.2 Å². The van der Waals surface area contributed by atoms with Crippen molar-refractivity contribution in [1.82, 2.24) is 4.98 Å². The fourth-order valence-corrected chi connectivity index (χ4v) is 2.59. The van der Waals surface area contributed by atoms with Crippen molar-refractivity contribution in [3.8, 4) is 22.1 Å². The van der Waals surface area contributed by atoms with Crippen LogP contribution in [-0.4, -0.2) is 19.2 Å². The minimum absolute atomic E-state index is 0.446. The van der Waals surface area contributed by atoms with Crippen LogP contribution in [0.2, 0.25) is 0 Å². The van der Waals surface area contributed by atoms with Gasteiger partial charge in [0.1, 0.15) is 16.5 Å². The fourth-order valence-electron chi connectivity index (χ4n) is 1.74. The molecule has 1 heterocycles. The summed E-state index contributed by atoms with van der Waals surface area (Å²) in [6.07, 6.45) is 0. The summed E-state index contributed by atoms with van der Waals surface area (Å²) in [4.78, 5) is 4.47. The monoisotopic (exact) mass is 264 g/mol. The molecule has 4 nitrogen and oxygen atoms in total. The van der Waals surface area contributed by atoms with E-state index in [9.17, 15) is 0 Å². The zero-order valence-electron chi connectivity index (χ0n) is 10.7. The predicted molar refractivity (Wildman–Crippen MR) is 73.3 cm³/mol. The minimum Gasteiger partial charge on any atom is -0.496 e. The van der Waals surface area contributed by atoms with Gasteiger partial charge >= 0.3 is 0 Å². The van der Waals surface area contributed by atoms with E-state index in [-0.39, 0.29) is 0 Å². The standard InChI is InChI=1S/C13H16N2O2S/c1-8-4-12(17-3)10(5-11(8)16-2)13-15-9(6-14)7-18-13/h4-5,7H,6,14H2,1-3H3. The molecule has 96 valence electrons. The highest BCUT2D eigenvalue weighted by atomic mass is 32.1. The molecule has 0 aliphatic rings. The van der Waals surface area contributed by atoms with Gasteiger partial charge in [-0.3, -0.25) is 0 Å². The lowest BCUT2D eigenvalue weighted by atomic mass is 10.1. The van der Waals surface area contributed by atoms with E-state index >= 15 is 0 Å². The molecule has 0 radical (unpaired) electrons. The van der Waals surface area contributed by atoms with Crippen LogP contribution in [0, 0.1) is 6.92 Å². The molecule has 0 fully saturated rings. The van der Waals surface area contributed by atoms with Crippen LogP contribution in [0.25, 0.3) is 10.6 Å². The van der Waals surface area contributed by atoms with Gasteiger partial charge in [0.05, 0.1) is 25.5 Å². The SMILES string of the molecule is COc1cc(-c2nc(CN)cs2)c(OC)cc1C. The van der Waals surface area contributed by atoms with Crippen molar-refractivity contribution < 1.29 is 9.47 Å². The summed E-state index contributed by atoms with van der Waals surface area (Å²) in [6.45, 7) is 2.43. The molecular weight excluding hydrogens is 248 g/mol. The normalized spacial score (nSPS) is 10.4. The molecule has 2 rings (SSSR count). The number of thiazole rings is 1. The van der Waals surface area contributed by atoms with Gasteiger partial charge < -0.3 is 15.2 Å². The lowest BCUT2D eigenvalue weighted by Crippen LogP contribution is -1.96. The summed E-state index contributed by atoms with van der Waals surface area (Å²) in [7, 11) is 3.31. The van der Waals surface area contributed by atoms with Crippen LogP contribution >= 0.6 is 11.3 Å². The van der Waals surface area contributed by atoms with Crippen molar-refractivity contribution in [1.29, 1.82) is 0 Å². The van der Waals surface area contributed by atoms with E-state index < -0.39 is 0 Å². The molecule has 1 aromatic carbocycles. The molecule has 0 spiro atoms. The summed E-state index contributed by atoms with van der Waals surface area (Å²) in [6, 6.07) is 3.91. The maximum atomic E-state index is 5.58. The first-order valence-corrected chi connectivity index (χ1v) is 6.45. The van der Waals surface area contributed by atoms with Gasteiger partial charge in [0.2, 0.25) is 0 Å². The Hall–Kier alpha value is -1.59.